The molecule has 0 aromatic heterocycles. The molecule has 0 aliphatic carbocycles. The predicted molar refractivity (Wildman–Crippen MR) is 99.7 cm³/mol. The van der Waals surface area contributed by atoms with Gasteiger partial charge in [0.25, 0.3) is 0 Å². The summed E-state index contributed by atoms with van der Waals surface area (Å²) in [5.74, 6) is 0.220. The number of likely N-dealkylation sites (N-methyl/N-ethyl adjacent to an activating group) is 1. The molecular formula is C20H29N3O3. The van der Waals surface area contributed by atoms with Gasteiger partial charge in [0.2, 0.25) is 11.8 Å². The van der Waals surface area contributed by atoms with Crippen molar-refractivity contribution in [3.05, 3.63) is 35.9 Å². The fourth-order valence-electron chi connectivity index (χ4n) is 3.82. The average molecular weight is 359 g/mol. The van der Waals surface area contributed by atoms with Crippen LogP contribution in [0.4, 0.5) is 0 Å². The van der Waals surface area contributed by atoms with Gasteiger partial charge in [-0.25, -0.2) is 0 Å². The van der Waals surface area contributed by atoms with Crippen molar-refractivity contribution in [2.45, 2.75) is 25.3 Å². The molecule has 2 amide bonds. The number of nitrogens with one attached hydrogen (secondary N) is 1. The van der Waals surface area contributed by atoms with E-state index < -0.39 is 0 Å². The van der Waals surface area contributed by atoms with E-state index in [-0.39, 0.29) is 23.8 Å². The third-order valence-corrected chi connectivity index (χ3v) is 5.45. The van der Waals surface area contributed by atoms with Gasteiger partial charge in [0.1, 0.15) is 6.04 Å². The molecule has 1 N–H and O–H groups in total. The van der Waals surface area contributed by atoms with Crippen LogP contribution >= 0.6 is 0 Å². The number of piperazine rings is 1. The van der Waals surface area contributed by atoms with E-state index in [1.807, 2.05) is 23.1 Å². The Morgan fingerprint density at radius 1 is 1.15 bits per heavy atom. The van der Waals surface area contributed by atoms with Crippen LogP contribution in [-0.2, 0) is 20.7 Å². The number of rotatable bonds is 5. The predicted octanol–water partition coefficient (Wildman–Crippen LogP) is 0.915. The molecular weight excluding hydrogens is 330 g/mol. The summed E-state index contributed by atoms with van der Waals surface area (Å²) in [6.07, 6.45) is 2.48. The van der Waals surface area contributed by atoms with Gasteiger partial charge in [-0.1, -0.05) is 30.3 Å². The van der Waals surface area contributed by atoms with E-state index in [1.54, 1.807) is 7.05 Å². The highest BCUT2D eigenvalue weighted by Crippen LogP contribution is 2.20. The molecule has 2 fully saturated rings. The molecule has 2 heterocycles. The van der Waals surface area contributed by atoms with Gasteiger partial charge in [0.15, 0.2) is 0 Å². The molecule has 0 saturated carbocycles. The van der Waals surface area contributed by atoms with Crippen molar-refractivity contribution in [1.82, 2.24) is 15.1 Å². The molecule has 2 aliphatic rings. The molecule has 3 rings (SSSR count). The molecule has 0 radical (unpaired) electrons. The molecule has 1 aromatic rings. The molecule has 26 heavy (non-hydrogen) atoms. The van der Waals surface area contributed by atoms with Gasteiger partial charge in [-0.15, -0.1) is 0 Å². The maximum Gasteiger partial charge on any atom is 0.238 e. The highest BCUT2D eigenvalue weighted by molar-refractivity contribution is 5.84. The Morgan fingerprint density at radius 2 is 1.88 bits per heavy atom. The first-order valence-corrected chi connectivity index (χ1v) is 9.55. The average Bonchev–Trinajstić information content (AvgIpc) is 2.72. The summed E-state index contributed by atoms with van der Waals surface area (Å²) >= 11 is 0. The van der Waals surface area contributed by atoms with Gasteiger partial charge in [0.05, 0.1) is 0 Å². The Kier molecular flexibility index (Phi) is 6.63. The van der Waals surface area contributed by atoms with Crippen molar-refractivity contribution < 1.29 is 14.3 Å². The number of benzene rings is 1. The SMILES string of the molecule is CNC(=O)C1CN(C(=O)C2CCOCC2)CCN1CCc1ccccc1. The van der Waals surface area contributed by atoms with Crippen LogP contribution in [0.3, 0.4) is 0 Å². The molecule has 1 aromatic carbocycles. The van der Waals surface area contributed by atoms with Crippen LogP contribution in [0.2, 0.25) is 0 Å². The van der Waals surface area contributed by atoms with E-state index in [2.05, 4.69) is 22.3 Å². The summed E-state index contributed by atoms with van der Waals surface area (Å²) < 4.78 is 5.36. The summed E-state index contributed by atoms with van der Waals surface area (Å²) in [6.45, 7) is 4.04. The van der Waals surface area contributed by atoms with Gasteiger partial charge in [-0.05, 0) is 24.8 Å². The molecule has 1 atom stereocenters. The van der Waals surface area contributed by atoms with E-state index in [0.29, 0.717) is 26.3 Å². The second-order valence-electron chi connectivity index (χ2n) is 7.07. The molecule has 6 nitrogen and oxygen atoms in total. The van der Waals surface area contributed by atoms with E-state index in [4.69, 9.17) is 4.74 Å². The monoisotopic (exact) mass is 359 g/mol. The number of nitrogens with zero attached hydrogens (tertiary/aromatic N) is 2. The first-order valence-electron chi connectivity index (χ1n) is 9.55. The first-order chi connectivity index (χ1) is 12.7. The Hall–Kier alpha value is -1.92. The van der Waals surface area contributed by atoms with Crippen LogP contribution in [0.5, 0.6) is 0 Å². The Morgan fingerprint density at radius 3 is 2.58 bits per heavy atom. The Balaban J connectivity index is 1.61. The van der Waals surface area contributed by atoms with E-state index in [0.717, 1.165) is 32.4 Å². The lowest BCUT2D eigenvalue weighted by Crippen LogP contribution is -2.60. The standard InChI is InChI=1S/C20H29N3O3/c1-21-19(24)18-15-23(20(25)17-8-13-26-14-9-17)12-11-22(18)10-7-16-5-3-2-4-6-16/h2-6,17-18H,7-15H2,1H3,(H,21,24). The van der Waals surface area contributed by atoms with Crippen molar-refractivity contribution in [2.75, 3.05) is 46.4 Å². The van der Waals surface area contributed by atoms with E-state index >= 15 is 0 Å². The van der Waals surface area contributed by atoms with E-state index in [9.17, 15) is 9.59 Å². The third kappa shape index (κ3) is 4.62. The normalized spacial score (nSPS) is 22.2. The lowest BCUT2D eigenvalue weighted by molar-refractivity contribution is -0.143. The van der Waals surface area contributed by atoms with Gasteiger partial charge in [-0.3, -0.25) is 14.5 Å². The summed E-state index contributed by atoms with van der Waals surface area (Å²) in [5, 5.41) is 2.76. The van der Waals surface area contributed by atoms with Crippen LogP contribution in [0.25, 0.3) is 0 Å². The number of hydrogen-bond acceptors (Lipinski definition) is 4. The summed E-state index contributed by atoms with van der Waals surface area (Å²) in [6, 6.07) is 10.0. The Bertz CT molecular complexity index is 602. The van der Waals surface area contributed by atoms with Gasteiger partial charge < -0.3 is 15.0 Å². The zero-order valence-corrected chi connectivity index (χ0v) is 15.5. The van der Waals surface area contributed by atoms with Crippen LogP contribution in [0, 0.1) is 5.92 Å². The van der Waals surface area contributed by atoms with Crippen molar-refractivity contribution in [3.63, 3.8) is 0 Å². The second-order valence-corrected chi connectivity index (χ2v) is 7.07. The number of carbonyl (C=O) groups is 2. The summed E-state index contributed by atoms with van der Waals surface area (Å²) in [4.78, 5) is 29.3. The fourth-order valence-corrected chi connectivity index (χ4v) is 3.82. The number of hydrogen-bond donors (Lipinski definition) is 1. The lowest BCUT2D eigenvalue weighted by atomic mass is 9.97. The zero-order chi connectivity index (χ0) is 18.4. The minimum Gasteiger partial charge on any atom is -0.381 e. The fraction of sp³-hybridized carbons (Fsp3) is 0.600. The first kappa shape index (κ1) is 18.9. The minimum absolute atomic E-state index is 0.0115. The largest absolute Gasteiger partial charge is 0.381 e. The number of ether oxygens (including phenoxy) is 1. The van der Waals surface area contributed by atoms with E-state index in [1.165, 1.54) is 5.56 Å². The number of carbonyl (C=O) groups excluding carboxylic acids is 2. The molecule has 6 heteroatoms. The quantitative estimate of drug-likeness (QED) is 0.849. The summed E-state index contributed by atoms with van der Waals surface area (Å²) in [7, 11) is 1.66. The van der Waals surface area contributed by atoms with Crippen molar-refractivity contribution >= 4 is 11.8 Å². The highest BCUT2D eigenvalue weighted by atomic mass is 16.5. The van der Waals surface area contributed by atoms with Crippen molar-refractivity contribution in [2.24, 2.45) is 5.92 Å². The van der Waals surface area contributed by atoms with Gasteiger partial charge in [0, 0.05) is 52.4 Å². The maximum atomic E-state index is 12.8. The molecule has 142 valence electrons. The summed E-state index contributed by atoms with van der Waals surface area (Å²) in [5.41, 5.74) is 1.27. The van der Waals surface area contributed by atoms with Gasteiger partial charge >= 0.3 is 0 Å². The second kappa shape index (κ2) is 9.14. The van der Waals surface area contributed by atoms with Crippen LogP contribution in [0.1, 0.15) is 18.4 Å². The molecule has 0 bridgehead atoms. The van der Waals surface area contributed by atoms with Crippen molar-refractivity contribution in [3.8, 4) is 0 Å². The topological polar surface area (TPSA) is 61.9 Å². The molecule has 2 aliphatic heterocycles. The Labute approximate surface area is 155 Å². The molecule has 2 saturated heterocycles. The zero-order valence-electron chi connectivity index (χ0n) is 15.5. The molecule has 1 unspecified atom stereocenters. The minimum atomic E-state index is -0.277. The van der Waals surface area contributed by atoms with Crippen LogP contribution < -0.4 is 5.32 Å². The highest BCUT2D eigenvalue weighted by Gasteiger charge is 2.36. The lowest BCUT2D eigenvalue weighted by Gasteiger charge is -2.41. The number of amides is 2. The smallest absolute Gasteiger partial charge is 0.238 e. The van der Waals surface area contributed by atoms with Gasteiger partial charge in [-0.2, -0.15) is 0 Å². The van der Waals surface area contributed by atoms with Crippen LogP contribution in [0.15, 0.2) is 30.3 Å². The molecule has 0 spiro atoms. The maximum absolute atomic E-state index is 12.8. The van der Waals surface area contributed by atoms with Crippen LogP contribution in [-0.4, -0.2) is 74.1 Å². The third-order valence-electron chi connectivity index (χ3n) is 5.45. The van der Waals surface area contributed by atoms with Crippen molar-refractivity contribution in [1.29, 1.82) is 0 Å².